The minimum absolute atomic E-state index is 0.258. The Labute approximate surface area is 134 Å². The minimum atomic E-state index is -1.25. The Bertz CT molecular complexity index is 673. The van der Waals surface area contributed by atoms with Crippen LogP contribution in [-0.4, -0.2) is 30.3 Å². The van der Waals surface area contributed by atoms with Crippen LogP contribution in [0, 0.1) is 0 Å². The van der Waals surface area contributed by atoms with Crippen LogP contribution in [0.5, 0.6) is 5.75 Å². The van der Waals surface area contributed by atoms with Crippen molar-refractivity contribution in [1.29, 1.82) is 0 Å². The summed E-state index contributed by atoms with van der Waals surface area (Å²) >= 11 is 0. The van der Waals surface area contributed by atoms with Crippen molar-refractivity contribution in [3.05, 3.63) is 60.2 Å². The van der Waals surface area contributed by atoms with E-state index in [0.29, 0.717) is 11.4 Å². The first-order valence-electron chi connectivity index (χ1n) is 7.07. The van der Waals surface area contributed by atoms with Crippen LogP contribution in [0.4, 0.5) is 10.5 Å². The topological polar surface area (TPSA) is 87.7 Å². The van der Waals surface area contributed by atoms with Gasteiger partial charge in [0.15, 0.2) is 0 Å². The molecule has 1 atom stereocenters. The molecule has 3 N–H and O–H groups in total. The molecule has 0 heterocycles. The van der Waals surface area contributed by atoms with Gasteiger partial charge in [0.05, 0.1) is 12.8 Å². The van der Waals surface area contributed by atoms with E-state index in [1.165, 1.54) is 7.11 Å². The molecule has 0 bridgehead atoms. The summed E-state index contributed by atoms with van der Waals surface area (Å²) in [5.74, 6) is 0.0652. The number of ether oxygens (including phenoxy) is 1. The molecule has 2 aromatic rings. The van der Waals surface area contributed by atoms with E-state index < -0.39 is 18.0 Å². The third-order valence-corrected chi connectivity index (χ3v) is 3.26. The minimum Gasteiger partial charge on any atom is -0.495 e. The number of amides is 2. The van der Waals surface area contributed by atoms with Crippen molar-refractivity contribution in [2.45, 2.75) is 12.5 Å². The predicted octanol–water partition coefficient (Wildman–Crippen LogP) is 2.51. The third-order valence-electron chi connectivity index (χ3n) is 3.26. The fourth-order valence-electron chi connectivity index (χ4n) is 2.18. The lowest BCUT2D eigenvalue weighted by molar-refractivity contribution is -0.118. The molecule has 0 aliphatic carbocycles. The molecule has 6 heteroatoms. The Kier molecular flexibility index (Phi) is 5.57. The van der Waals surface area contributed by atoms with E-state index in [-0.39, 0.29) is 6.42 Å². The first-order valence-corrected chi connectivity index (χ1v) is 7.07. The lowest BCUT2D eigenvalue weighted by Gasteiger charge is -2.18. The van der Waals surface area contributed by atoms with Crippen molar-refractivity contribution in [2.24, 2.45) is 0 Å². The molecule has 2 amide bonds. The number of methoxy groups -OCH3 is 1. The molecule has 6 nitrogen and oxygen atoms in total. The monoisotopic (exact) mass is 314 g/mol. The lowest BCUT2D eigenvalue weighted by Crippen LogP contribution is -2.44. The fraction of sp³-hybridized carbons (Fsp3) is 0.176. The Morgan fingerprint density at radius 3 is 2.39 bits per heavy atom. The number of anilines is 1. The second-order valence-corrected chi connectivity index (χ2v) is 4.88. The maximum absolute atomic E-state index is 12.4. The van der Waals surface area contributed by atoms with E-state index in [4.69, 9.17) is 9.84 Å². The summed E-state index contributed by atoms with van der Waals surface area (Å²) in [7, 11) is 1.50. The summed E-state index contributed by atoms with van der Waals surface area (Å²) in [6, 6.07) is 15.3. The van der Waals surface area contributed by atoms with Crippen molar-refractivity contribution >= 4 is 17.7 Å². The second-order valence-electron chi connectivity index (χ2n) is 4.88. The van der Waals surface area contributed by atoms with E-state index in [9.17, 15) is 9.59 Å². The van der Waals surface area contributed by atoms with Gasteiger partial charge in [-0.1, -0.05) is 42.5 Å². The van der Waals surface area contributed by atoms with E-state index in [2.05, 4.69) is 10.6 Å². The van der Waals surface area contributed by atoms with Gasteiger partial charge in [0, 0.05) is 6.42 Å². The SMILES string of the molecule is COc1ccccc1NC(=O)C(Cc1ccccc1)NC(=O)O. The number of rotatable bonds is 6. The maximum atomic E-state index is 12.4. The molecule has 0 saturated carbocycles. The summed E-state index contributed by atoms with van der Waals surface area (Å²) in [6.07, 6.45) is -0.991. The normalized spacial score (nSPS) is 11.3. The quantitative estimate of drug-likeness (QED) is 0.764. The van der Waals surface area contributed by atoms with E-state index in [0.717, 1.165) is 5.56 Å². The molecule has 120 valence electrons. The number of para-hydroxylation sites is 2. The van der Waals surface area contributed by atoms with Gasteiger partial charge in [-0.2, -0.15) is 0 Å². The number of nitrogens with one attached hydrogen (secondary N) is 2. The number of carbonyl (C=O) groups is 2. The molecule has 0 spiro atoms. The molecule has 0 aliphatic rings. The number of benzene rings is 2. The predicted molar refractivity (Wildman–Crippen MR) is 86.7 cm³/mol. The Balaban J connectivity index is 2.14. The zero-order chi connectivity index (χ0) is 16.7. The van der Waals surface area contributed by atoms with Gasteiger partial charge >= 0.3 is 6.09 Å². The Morgan fingerprint density at radius 2 is 1.74 bits per heavy atom. The first kappa shape index (κ1) is 16.4. The molecule has 0 saturated heterocycles. The molecule has 0 aromatic heterocycles. The molecular formula is C17H18N2O4. The second kappa shape index (κ2) is 7.84. The molecule has 2 rings (SSSR count). The van der Waals surface area contributed by atoms with Crippen LogP contribution in [-0.2, 0) is 11.2 Å². The maximum Gasteiger partial charge on any atom is 0.405 e. The molecule has 0 aliphatic heterocycles. The van der Waals surface area contributed by atoms with Gasteiger partial charge in [0.25, 0.3) is 0 Å². The van der Waals surface area contributed by atoms with Crippen LogP contribution in [0.3, 0.4) is 0 Å². The Hall–Kier alpha value is -3.02. The van der Waals surface area contributed by atoms with Crippen molar-refractivity contribution < 1.29 is 19.4 Å². The number of hydrogen-bond donors (Lipinski definition) is 3. The number of hydrogen-bond acceptors (Lipinski definition) is 3. The van der Waals surface area contributed by atoms with Crippen LogP contribution >= 0.6 is 0 Å². The highest BCUT2D eigenvalue weighted by Gasteiger charge is 2.22. The van der Waals surface area contributed by atoms with Gasteiger partial charge in [-0.3, -0.25) is 4.79 Å². The van der Waals surface area contributed by atoms with E-state index >= 15 is 0 Å². The summed E-state index contributed by atoms with van der Waals surface area (Å²) in [6.45, 7) is 0. The van der Waals surface area contributed by atoms with E-state index in [1.807, 2.05) is 30.3 Å². The standard InChI is InChI=1S/C17H18N2O4/c1-23-15-10-6-5-9-13(15)18-16(20)14(19-17(21)22)11-12-7-3-2-4-8-12/h2-10,14,19H,11H2,1H3,(H,18,20)(H,21,22). The summed E-state index contributed by atoms with van der Waals surface area (Å²) < 4.78 is 5.17. The smallest absolute Gasteiger partial charge is 0.405 e. The van der Waals surface area contributed by atoms with Gasteiger partial charge in [0.2, 0.25) is 5.91 Å². The average Bonchev–Trinajstić information content (AvgIpc) is 2.55. The van der Waals surface area contributed by atoms with Crippen molar-refractivity contribution in [1.82, 2.24) is 5.32 Å². The molecule has 23 heavy (non-hydrogen) atoms. The van der Waals surface area contributed by atoms with Crippen LogP contribution in [0.1, 0.15) is 5.56 Å². The van der Waals surface area contributed by atoms with Gasteiger partial charge in [-0.05, 0) is 17.7 Å². The van der Waals surface area contributed by atoms with Gasteiger partial charge in [-0.15, -0.1) is 0 Å². The molecule has 2 aromatic carbocycles. The van der Waals surface area contributed by atoms with E-state index in [1.54, 1.807) is 24.3 Å². The van der Waals surface area contributed by atoms with Gasteiger partial charge in [0.1, 0.15) is 11.8 Å². The molecular weight excluding hydrogens is 296 g/mol. The largest absolute Gasteiger partial charge is 0.495 e. The highest BCUT2D eigenvalue weighted by molar-refractivity contribution is 5.97. The van der Waals surface area contributed by atoms with Crippen LogP contribution in [0.2, 0.25) is 0 Å². The lowest BCUT2D eigenvalue weighted by atomic mass is 10.1. The number of carbonyl (C=O) groups excluding carboxylic acids is 1. The van der Waals surface area contributed by atoms with Crippen molar-refractivity contribution in [3.8, 4) is 5.75 Å². The summed E-state index contributed by atoms with van der Waals surface area (Å²) in [5.41, 5.74) is 1.35. The molecule has 0 radical (unpaired) electrons. The molecule has 1 unspecified atom stereocenters. The van der Waals surface area contributed by atoms with Crippen molar-refractivity contribution in [2.75, 3.05) is 12.4 Å². The van der Waals surface area contributed by atoms with Gasteiger partial charge in [-0.25, -0.2) is 4.79 Å². The number of carboxylic acid groups (broad SMARTS) is 1. The van der Waals surface area contributed by atoms with Crippen molar-refractivity contribution in [3.63, 3.8) is 0 Å². The van der Waals surface area contributed by atoms with Crippen LogP contribution < -0.4 is 15.4 Å². The summed E-state index contributed by atoms with van der Waals surface area (Å²) in [5, 5.41) is 13.9. The third kappa shape index (κ3) is 4.74. The zero-order valence-corrected chi connectivity index (χ0v) is 12.7. The van der Waals surface area contributed by atoms with Crippen LogP contribution in [0.15, 0.2) is 54.6 Å². The van der Waals surface area contributed by atoms with Gasteiger partial charge < -0.3 is 20.5 Å². The fourth-order valence-corrected chi connectivity index (χ4v) is 2.18. The Morgan fingerprint density at radius 1 is 1.09 bits per heavy atom. The summed E-state index contributed by atoms with van der Waals surface area (Å²) in [4.78, 5) is 23.4. The zero-order valence-electron chi connectivity index (χ0n) is 12.7. The molecule has 0 fully saturated rings. The first-order chi connectivity index (χ1) is 11.1. The highest BCUT2D eigenvalue weighted by atomic mass is 16.5. The average molecular weight is 314 g/mol. The highest BCUT2D eigenvalue weighted by Crippen LogP contribution is 2.23. The van der Waals surface area contributed by atoms with Crippen LogP contribution in [0.25, 0.3) is 0 Å².